The molecule has 0 bridgehead atoms. The summed E-state index contributed by atoms with van der Waals surface area (Å²) in [5.41, 5.74) is 3.92. The maximum atomic E-state index is 12.4. The number of piperazine rings is 1. The quantitative estimate of drug-likeness (QED) is 0.873. The molecule has 0 unspecified atom stereocenters. The number of benzene rings is 1. The van der Waals surface area contributed by atoms with Crippen molar-refractivity contribution in [3.05, 3.63) is 52.0 Å². The number of rotatable bonds is 3. The van der Waals surface area contributed by atoms with Crippen molar-refractivity contribution in [3.8, 4) is 0 Å². The number of carbonyl (C=O) groups excluding carboxylic acids is 1. The standard InChI is InChI=1S/C16H19N3OS/c1-13-15(21-12-17-13)16(20)19-9-7-18(8-10-19)11-14-5-3-2-4-6-14/h2-6,12H,7-11H2,1H3. The molecule has 1 fully saturated rings. The maximum Gasteiger partial charge on any atom is 0.265 e. The van der Waals surface area contributed by atoms with Crippen LogP contribution >= 0.6 is 11.3 Å². The van der Waals surface area contributed by atoms with Crippen molar-refractivity contribution in [1.82, 2.24) is 14.8 Å². The Bertz CT molecular complexity index is 603. The Balaban J connectivity index is 1.56. The first-order chi connectivity index (χ1) is 10.2. The summed E-state index contributed by atoms with van der Waals surface area (Å²) in [7, 11) is 0. The highest BCUT2D eigenvalue weighted by Crippen LogP contribution is 2.17. The van der Waals surface area contributed by atoms with E-state index in [2.05, 4.69) is 34.1 Å². The summed E-state index contributed by atoms with van der Waals surface area (Å²) in [6.45, 7) is 6.31. The molecule has 1 aliphatic rings. The van der Waals surface area contributed by atoms with E-state index in [1.165, 1.54) is 16.9 Å². The molecule has 1 saturated heterocycles. The number of aromatic nitrogens is 1. The van der Waals surface area contributed by atoms with Gasteiger partial charge in [0, 0.05) is 32.7 Å². The third-order valence-corrected chi connectivity index (χ3v) is 4.76. The molecular formula is C16H19N3OS. The van der Waals surface area contributed by atoms with Crippen LogP contribution in [0.3, 0.4) is 0 Å². The minimum absolute atomic E-state index is 0.134. The lowest BCUT2D eigenvalue weighted by Crippen LogP contribution is -2.48. The lowest BCUT2D eigenvalue weighted by atomic mass is 10.2. The van der Waals surface area contributed by atoms with Gasteiger partial charge in [-0.1, -0.05) is 30.3 Å². The Morgan fingerprint density at radius 3 is 2.52 bits per heavy atom. The number of carbonyl (C=O) groups is 1. The van der Waals surface area contributed by atoms with Gasteiger partial charge in [-0.05, 0) is 12.5 Å². The van der Waals surface area contributed by atoms with Gasteiger partial charge in [0.1, 0.15) is 4.88 Å². The van der Waals surface area contributed by atoms with Crippen LogP contribution in [0.4, 0.5) is 0 Å². The van der Waals surface area contributed by atoms with Gasteiger partial charge in [-0.2, -0.15) is 0 Å². The van der Waals surface area contributed by atoms with Gasteiger partial charge in [-0.15, -0.1) is 11.3 Å². The van der Waals surface area contributed by atoms with Gasteiger partial charge in [-0.3, -0.25) is 9.69 Å². The molecule has 2 heterocycles. The summed E-state index contributed by atoms with van der Waals surface area (Å²) in [5, 5.41) is 0. The predicted molar refractivity (Wildman–Crippen MR) is 84.5 cm³/mol. The fourth-order valence-corrected chi connectivity index (χ4v) is 3.37. The van der Waals surface area contributed by atoms with Crippen molar-refractivity contribution in [2.45, 2.75) is 13.5 Å². The van der Waals surface area contributed by atoms with Crippen LogP contribution in [0.15, 0.2) is 35.8 Å². The topological polar surface area (TPSA) is 36.4 Å². The van der Waals surface area contributed by atoms with E-state index < -0.39 is 0 Å². The molecule has 0 atom stereocenters. The molecule has 1 aromatic carbocycles. The lowest BCUT2D eigenvalue weighted by Gasteiger charge is -2.34. The molecule has 0 radical (unpaired) electrons. The summed E-state index contributed by atoms with van der Waals surface area (Å²) in [5.74, 6) is 0.134. The van der Waals surface area contributed by atoms with E-state index in [9.17, 15) is 4.79 Å². The Kier molecular flexibility index (Phi) is 4.31. The van der Waals surface area contributed by atoms with Gasteiger partial charge in [0.2, 0.25) is 0 Å². The van der Waals surface area contributed by atoms with Crippen LogP contribution in [0.1, 0.15) is 20.9 Å². The highest BCUT2D eigenvalue weighted by Gasteiger charge is 2.24. The second-order valence-electron chi connectivity index (χ2n) is 5.32. The molecule has 4 nitrogen and oxygen atoms in total. The van der Waals surface area contributed by atoms with Crippen molar-refractivity contribution in [1.29, 1.82) is 0 Å². The molecule has 3 rings (SSSR count). The van der Waals surface area contributed by atoms with E-state index in [0.29, 0.717) is 0 Å². The van der Waals surface area contributed by atoms with Gasteiger partial charge in [0.25, 0.3) is 5.91 Å². The summed E-state index contributed by atoms with van der Waals surface area (Å²) in [6, 6.07) is 10.5. The Labute approximate surface area is 129 Å². The highest BCUT2D eigenvalue weighted by atomic mass is 32.1. The Morgan fingerprint density at radius 1 is 1.19 bits per heavy atom. The molecule has 21 heavy (non-hydrogen) atoms. The third kappa shape index (κ3) is 3.31. The first-order valence-corrected chi connectivity index (χ1v) is 8.07. The van der Waals surface area contributed by atoms with Crippen molar-refractivity contribution < 1.29 is 4.79 Å². The van der Waals surface area contributed by atoms with Gasteiger partial charge < -0.3 is 4.90 Å². The van der Waals surface area contributed by atoms with Crippen LogP contribution in [0.2, 0.25) is 0 Å². The molecule has 1 amide bonds. The average Bonchev–Trinajstić information content (AvgIpc) is 2.94. The minimum Gasteiger partial charge on any atom is -0.335 e. The van der Waals surface area contributed by atoms with Crippen LogP contribution in [0.25, 0.3) is 0 Å². The monoisotopic (exact) mass is 301 g/mol. The summed E-state index contributed by atoms with van der Waals surface area (Å²) in [6.07, 6.45) is 0. The number of nitrogens with zero attached hydrogens (tertiary/aromatic N) is 3. The van der Waals surface area contributed by atoms with Crippen molar-refractivity contribution in [3.63, 3.8) is 0 Å². The van der Waals surface area contributed by atoms with Crippen LogP contribution < -0.4 is 0 Å². The Morgan fingerprint density at radius 2 is 1.90 bits per heavy atom. The first-order valence-electron chi connectivity index (χ1n) is 7.19. The molecule has 0 aliphatic carbocycles. The van der Waals surface area contributed by atoms with Crippen LogP contribution in [-0.2, 0) is 6.54 Å². The van der Waals surface area contributed by atoms with Crippen LogP contribution in [0.5, 0.6) is 0 Å². The fourth-order valence-electron chi connectivity index (χ4n) is 2.60. The number of aryl methyl sites for hydroxylation is 1. The normalized spacial score (nSPS) is 16.1. The number of thiazole rings is 1. The highest BCUT2D eigenvalue weighted by molar-refractivity contribution is 7.11. The summed E-state index contributed by atoms with van der Waals surface area (Å²) >= 11 is 1.44. The van der Waals surface area contributed by atoms with Gasteiger partial charge >= 0.3 is 0 Å². The maximum absolute atomic E-state index is 12.4. The molecule has 1 aliphatic heterocycles. The number of hydrogen-bond donors (Lipinski definition) is 0. The van der Waals surface area contributed by atoms with E-state index in [-0.39, 0.29) is 5.91 Å². The lowest BCUT2D eigenvalue weighted by molar-refractivity contribution is 0.0632. The Hall–Kier alpha value is -1.72. The van der Waals surface area contributed by atoms with E-state index in [1.54, 1.807) is 5.51 Å². The molecule has 0 N–H and O–H groups in total. The molecular weight excluding hydrogens is 282 g/mol. The second kappa shape index (κ2) is 6.37. The zero-order valence-corrected chi connectivity index (χ0v) is 13.0. The zero-order valence-electron chi connectivity index (χ0n) is 12.2. The molecule has 0 spiro atoms. The first kappa shape index (κ1) is 14.2. The van der Waals surface area contributed by atoms with Crippen molar-refractivity contribution in [2.75, 3.05) is 26.2 Å². The van der Waals surface area contributed by atoms with Crippen LogP contribution in [0, 0.1) is 6.92 Å². The predicted octanol–water partition coefficient (Wildman–Crippen LogP) is 2.41. The van der Waals surface area contributed by atoms with Gasteiger partial charge in [0.15, 0.2) is 0 Å². The number of amides is 1. The fraction of sp³-hybridized carbons (Fsp3) is 0.375. The average molecular weight is 301 g/mol. The molecule has 110 valence electrons. The van der Waals surface area contributed by atoms with Crippen molar-refractivity contribution >= 4 is 17.2 Å². The van der Waals surface area contributed by atoms with E-state index in [4.69, 9.17) is 0 Å². The van der Waals surface area contributed by atoms with Crippen LogP contribution in [-0.4, -0.2) is 46.9 Å². The van der Waals surface area contributed by atoms with Crippen molar-refractivity contribution in [2.24, 2.45) is 0 Å². The molecule has 5 heteroatoms. The largest absolute Gasteiger partial charge is 0.335 e. The van der Waals surface area contributed by atoms with E-state index >= 15 is 0 Å². The molecule has 1 aromatic heterocycles. The molecule has 0 saturated carbocycles. The van der Waals surface area contributed by atoms with E-state index in [0.717, 1.165) is 43.3 Å². The SMILES string of the molecule is Cc1ncsc1C(=O)N1CCN(Cc2ccccc2)CC1. The summed E-state index contributed by atoms with van der Waals surface area (Å²) < 4.78 is 0. The third-order valence-electron chi connectivity index (χ3n) is 3.85. The van der Waals surface area contributed by atoms with Gasteiger partial charge in [-0.25, -0.2) is 4.98 Å². The summed E-state index contributed by atoms with van der Waals surface area (Å²) in [4.78, 5) is 21.7. The van der Waals surface area contributed by atoms with E-state index in [1.807, 2.05) is 17.9 Å². The minimum atomic E-state index is 0.134. The second-order valence-corrected chi connectivity index (χ2v) is 6.18. The smallest absolute Gasteiger partial charge is 0.265 e. The number of hydrogen-bond acceptors (Lipinski definition) is 4. The molecule has 2 aromatic rings. The van der Waals surface area contributed by atoms with Gasteiger partial charge in [0.05, 0.1) is 11.2 Å². The zero-order chi connectivity index (χ0) is 14.7.